The summed E-state index contributed by atoms with van der Waals surface area (Å²) >= 11 is 0. The number of rotatable bonds is 3. The Hall–Kier alpha value is -2.02. The average molecular weight is 222 g/mol. The van der Waals surface area contributed by atoms with E-state index in [-0.39, 0.29) is 6.42 Å². The van der Waals surface area contributed by atoms with Crippen LogP contribution in [0, 0.1) is 0 Å². The van der Waals surface area contributed by atoms with Gasteiger partial charge in [-0.3, -0.25) is 0 Å². The lowest BCUT2D eigenvalue weighted by molar-refractivity contribution is -0.150. The standard InChI is InChI=1S/C9H10N4O3/c1-16-9(15)7(14)3-5-2-6-8(10-4-5)12-13-11-6/h2,4,7,14H,3H2,1H3,(H,10,11,12,13). The first-order valence-electron chi connectivity index (χ1n) is 4.62. The summed E-state index contributed by atoms with van der Waals surface area (Å²) in [4.78, 5) is 15.0. The molecular weight excluding hydrogens is 212 g/mol. The molecule has 0 aliphatic carbocycles. The van der Waals surface area contributed by atoms with Gasteiger partial charge in [-0.25, -0.2) is 9.78 Å². The maximum atomic E-state index is 11.0. The molecule has 0 spiro atoms. The molecule has 16 heavy (non-hydrogen) atoms. The van der Waals surface area contributed by atoms with Crippen molar-refractivity contribution in [2.24, 2.45) is 0 Å². The minimum Gasteiger partial charge on any atom is -0.467 e. The van der Waals surface area contributed by atoms with Crippen LogP contribution in [0.2, 0.25) is 0 Å². The number of nitrogens with zero attached hydrogens (tertiary/aromatic N) is 3. The van der Waals surface area contributed by atoms with Gasteiger partial charge < -0.3 is 9.84 Å². The quantitative estimate of drug-likeness (QED) is 0.674. The van der Waals surface area contributed by atoms with Crippen LogP contribution in [0.4, 0.5) is 0 Å². The normalized spacial score (nSPS) is 12.6. The van der Waals surface area contributed by atoms with E-state index in [2.05, 4.69) is 25.1 Å². The van der Waals surface area contributed by atoms with Gasteiger partial charge >= 0.3 is 5.97 Å². The Morgan fingerprint density at radius 3 is 3.19 bits per heavy atom. The smallest absolute Gasteiger partial charge is 0.335 e. The molecule has 84 valence electrons. The summed E-state index contributed by atoms with van der Waals surface area (Å²) in [6.45, 7) is 0. The topological polar surface area (TPSA) is 101 Å². The molecule has 7 heteroatoms. The molecule has 7 nitrogen and oxygen atoms in total. The summed E-state index contributed by atoms with van der Waals surface area (Å²) in [5, 5.41) is 19.5. The molecule has 1 atom stereocenters. The lowest BCUT2D eigenvalue weighted by atomic mass is 10.1. The lowest BCUT2D eigenvalue weighted by Gasteiger charge is -2.07. The summed E-state index contributed by atoms with van der Waals surface area (Å²) in [6, 6.07) is 1.71. The second kappa shape index (κ2) is 4.23. The number of carbonyl (C=O) groups excluding carboxylic acids is 1. The predicted molar refractivity (Wildman–Crippen MR) is 53.4 cm³/mol. The second-order valence-corrected chi connectivity index (χ2v) is 3.25. The number of nitrogens with one attached hydrogen (secondary N) is 1. The molecule has 0 saturated carbocycles. The van der Waals surface area contributed by atoms with Crippen LogP contribution in [0.1, 0.15) is 5.56 Å². The van der Waals surface area contributed by atoms with Gasteiger partial charge in [-0.15, -0.1) is 5.10 Å². The highest BCUT2D eigenvalue weighted by atomic mass is 16.5. The van der Waals surface area contributed by atoms with E-state index >= 15 is 0 Å². The van der Waals surface area contributed by atoms with Crippen LogP contribution < -0.4 is 0 Å². The van der Waals surface area contributed by atoms with Crippen LogP contribution in [0.3, 0.4) is 0 Å². The Morgan fingerprint density at radius 2 is 2.44 bits per heavy atom. The minimum atomic E-state index is -1.18. The van der Waals surface area contributed by atoms with Gasteiger partial charge in [0.1, 0.15) is 5.52 Å². The molecule has 2 N–H and O–H groups in total. The lowest BCUT2D eigenvalue weighted by Crippen LogP contribution is -2.24. The Kier molecular flexibility index (Phi) is 2.78. The SMILES string of the molecule is COC(=O)C(O)Cc1cnc2n[nH]nc2c1. The van der Waals surface area contributed by atoms with Crippen LogP contribution in [-0.4, -0.2) is 44.7 Å². The van der Waals surface area contributed by atoms with Gasteiger partial charge in [0.05, 0.1) is 7.11 Å². The van der Waals surface area contributed by atoms with Crippen molar-refractivity contribution in [3.8, 4) is 0 Å². The van der Waals surface area contributed by atoms with Gasteiger partial charge in [-0.1, -0.05) is 0 Å². The zero-order valence-corrected chi connectivity index (χ0v) is 8.54. The maximum Gasteiger partial charge on any atom is 0.335 e. The van der Waals surface area contributed by atoms with Gasteiger partial charge in [0, 0.05) is 12.6 Å². The molecule has 0 aliphatic heterocycles. The number of methoxy groups -OCH3 is 1. The molecule has 2 rings (SSSR count). The number of esters is 1. The van der Waals surface area contributed by atoms with E-state index < -0.39 is 12.1 Å². The van der Waals surface area contributed by atoms with E-state index in [0.717, 1.165) is 0 Å². The number of pyridine rings is 1. The number of hydrogen-bond donors (Lipinski definition) is 2. The van der Waals surface area contributed by atoms with E-state index in [1.807, 2.05) is 0 Å². The number of aromatic amines is 1. The number of aliphatic hydroxyl groups excluding tert-OH is 1. The first-order chi connectivity index (χ1) is 7.70. The molecule has 2 aromatic rings. The first-order valence-corrected chi connectivity index (χ1v) is 4.62. The van der Waals surface area contributed by atoms with Crippen molar-refractivity contribution in [3.63, 3.8) is 0 Å². The van der Waals surface area contributed by atoms with Crippen LogP contribution in [0.15, 0.2) is 12.3 Å². The molecule has 2 aromatic heterocycles. The van der Waals surface area contributed by atoms with Gasteiger partial charge in [0.25, 0.3) is 0 Å². The molecule has 2 heterocycles. The molecule has 0 saturated heterocycles. The number of aliphatic hydroxyl groups is 1. The summed E-state index contributed by atoms with van der Waals surface area (Å²) in [5.41, 5.74) is 1.78. The molecule has 0 aromatic carbocycles. The number of ether oxygens (including phenoxy) is 1. The highest BCUT2D eigenvalue weighted by Gasteiger charge is 2.16. The Morgan fingerprint density at radius 1 is 1.62 bits per heavy atom. The van der Waals surface area contributed by atoms with E-state index in [1.165, 1.54) is 13.3 Å². The molecule has 0 amide bonds. The van der Waals surface area contributed by atoms with Gasteiger partial charge in [0.15, 0.2) is 6.10 Å². The highest BCUT2D eigenvalue weighted by Crippen LogP contribution is 2.09. The van der Waals surface area contributed by atoms with Gasteiger partial charge in [0.2, 0.25) is 5.65 Å². The summed E-state index contributed by atoms with van der Waals surface area (Å²) in [6.07, 6.45) is 0.496. The highest BCUT2D eigenvalue weighted by molar-refractivity contribution is 5.75. The number of H-pyrrole nitrogens is 1. The van der Waals surface area contributed by atoms with E-state index in [4.69, 9.17) is 0 Å². The van der Waals surface area contributed by atoms with Crippen LogP contribution in [-0.2, 0) is 16.0 Å². The Balaban J connectivity index is 2.17. The van der Waals surface area contributed by atoms with Gasteiger partial charge in [-0.05, 0) is 11.6 Å². The third-order valence-electron chi connectivity index (χ3n) is 2.13. The zero-order valence-electron chi connectivity index (χ0n) is 8.54. The van der Waals surface area contributed by atoms with E-state index in [9.17, 15) is 9.90 Å². The molecule has 0 radical (unpaired) electrons. The third-order valence-corrected chi connectivity index (χ3v) is 2.13. The number of hydrogen-bond acceptors (Lipinski definition) is 6. The molecule has 1 unspecified atom stereocenters. The van der Waals surface area contributed by atoms with Crippen molar-refractivity contribution in [1.82, 2.24) is 20.4 Å². The molecule has 0 aliphatic rings. The van der Waals surface area contributed by atoms with Crippen molar-refractivity contribution >= 4 is 17.1 Å². The first kappa shape index (κ1) is 10.5. The third kappa shape index (κ3) is 1.98. The fourth-order valence-electron chi connectivity index (χ4n) is 1.34. The summed E-state index contributed by atoms with van der Waals surface area (Å²) in [7, 11) is 1.23. The van der Waals surface area contributed by atoms with E-state index in [1.54, 1.807) is 6.07 Å². The monoisotopic (exact) mass is 222 g/mol. The number of aromatic nitrogens is 4. The predicted octanol–water partition coefficient (Wildman–Crippen LogP) is -0.571. The zero-order chi connectivity index (χ0) is 11.5. The fourth-order valence-corrected chi connectivity index (χ4v) is 1.34. The van der Waals surface area contributed by atoms with Crippen molar-refractivity contribution in [2.75, 3.05) is 7.11 Å². The van der Waals surface area contributed by atoms with Crippen LogP contribution >= 0.6 is 0 Å². The van der Waals surface area contributed by atoms with E-state index in [0.29, 0.717) is 16.7 Å². The maximum absolute atomic E-state index is 11.0. The Bertz CT molecular complexity index is 510. The molecule has 0 bridgehead atoms. The number of carbonyl (C=O) groups is 1. The van der Waals surface area contributed by atoms with Crippen molar-refractivity contribution < 1.29 is 14.6 Å². The second-order valence-electron chi connectivity index (χ2n) is 3.25. The Labute approximate surface area is 90.4 Å². The van der Waals surface area contributed by atoms with Crippen molar-refractivity contribution in [1.29, 1.82) is 0 Å². The fraction of sp³-hybridized carbons (Fsp3) is 0.333. The van der Waals surface area contributed by atoms with Crippen LogP contribution in [0.25, 0.3) is 11.2 Å². The summed E-state index contributed by atoms with van der Waals surface area (Å²) in [5.74, 6) is -0.666. The minimum absolute atomic E-state index is 0.141. The van der Waals surface area contributed by atoms with Gasteiger partial charge in [-0.2, -0.15) is 10.3 Å². The van der Waals surface area contributed by atoms with Crippen molar-refractivity contribution in [3.05, 3.63) is 17.8 Å². The average Bonchev–Trinajstić information content (AvgIpc) is 2.75. The summed E-state index contributed by atoms with van der Waals surface area (Å²) < 4.78 is 4.41. The van der Waals surface area contributed by atoms with Crippen molar-refractivity contribution in [2.45, 2.75) is 12.5 Å². The molecular formula is C9H10N4O3. The number of fused-ring (bicyclic) bond motifs is 1. The largest absolute Gasteiger partial charge is 0.467 e. The van der Waals surface area contributed by atoms with Crippen LogP contribution in [0.5, 0.6) is 0 Å². The molecule has 0 fully saturated rings.